The molecule has 0 bridgehead atoms. The summed E-state index contributed by atoms with van der Waals surface area (Å²) in [6.45, 7) is 2.58. The molecule has 6 nitrogen and oxygen atoms in total. The van der Waals surface area contributed by atoms with Gasteiger partial charge >= 0.3 is 5.97 Å². The van der Waals surface area contributed by atoms with Crippen molar-refractivity contribution in [1.82, 2.24) is 4.90 Å². The van der Waals surface area contributed by atoms with Crippen LogP contribution in [-0.2, 0) is 9.59 Å². The number of likely N-dealkylation sites (tertiary alicyclic amines) is 1. The average molecular weight is 244 g/mol. The summed E-state index contributed by atoms with van der Waals surface area (Å²) in [6.07, 6.45) is 0.323. The molecule has 0 aromatic rings. The van der Waals surface area contributed by atoms with Gasteiger partial charge in [0.1, 0.15) is 6.04 Å². The fraction of sp³-hybridized carbons (Fsp3) is 0.818. The maximum atomic E-state index is 11.8. The van der Waals surface area contributed by atoms with E-state index in [1.807, 2.05) is 6.92 Å². The number of carboxylic acid groups (broad SMARTS) is 1. The number of carboxylic acids is 1. The summed E-state index contributed by atoms with van der Waals surface area (Å²) in [5.74, 6) is -1.02. The number of hydrogen-bond acceptors (Lipinski definition) is 4. The van der Waals surface area contributed by atoms with Crippen LogP contribution in [0.5, 0.6) is 0 Å². The molecular weight excluding hydrogens is 224 g/mol. The second kappa shape index (κ2) is 5.97. The van der Waals surface area contributed by atoms with Gasteiger partial charge in [-0.2, -0.15) is 0 Å². The molecular formula is C11H20N2O4. The number of nitrogens with zero attached hydrogens (tertiary/aromatic N) is 1. The maximum Gasteiger partial charge on any atom is 0.326 e. The topological polar surface area (TPSA) is 104 Å². The van der Waals surface area contributed by atoms with E-state index in [0.717, 1.165) is 0 Å². The molecule has 17 heavy (non-hydrogen) atoms. The van der Waals surface area contributed by atoms with E-state index in [0.29, 0.717) is 13.0 Å². The van der Waals surface area contributed by atoms with Crippen LogP contribution in [-0.4, -0.2) is 52.2 Å². The van der Waals surface area contributed by atoms with Crippen LogP contribution in [0.2, 0.25) is 0 Å². The number of carbonyl (C=O) groups is 2. The first-order valence-electron chi connectivity index (χ1n) is 5.86. The third-order valence-corrected chi connectivity index (χ3v) is 3.14. The monoisotopic (exact) mass is 244 g/mol. The first-order valence-corrected chi connectivity index (χ1v) is 5.86. The van der Waals surface area contributed by atoms with Gasteiger partial charge in [0.2, 0.25) is 5.91 Å². The molecule has 0 spiro atoms. The fourth-order valence-corrected chi connectivity index (χ4v) is 1.95. The van der Waals surface area contributed by atoms with Crippen LogP contribution in [0.15, 0.2) is 0 Å². The zero-order valence-electron chi connectivity index (χ0n) is 10.0. The normalized spacial score (nSPS) is 25.9. The summed E-state index contributed by atoms with van der Waals surface area (Å²) >= 11 is 0. The molecule has 1 aliphatic rings. The number of amides is 1. The molecule has 0 aromatic carbocycles. The molecule has 0 aliphatic carbocycles. The van der Waals surface area contributed by atoms with Gasteiger partial charge in [0.25, 0.3) is 0 Å². The van der Waals surface area contributed by atoms with Crippen LogP contribution < -0.4 is 5.73 Å². The minimum Gasteiger partial charge on any atom is -0.480 e. The molecule has 3 atom stereocenters. The first kappa shape index (κ1) is 13.9. The highest BCUT2D eigenvalue weighted by Gasteiger charge is 2.38. The average Bonchev–Trinajstić information content (AvgIpc) is 2.67. The molecule has 1 amide bonds. The number of nitrogens with two attached hydrogens (primary N) is 1. The van der Waals surface area contributed by atoms with Gasteiger partial charge in [-0.25, -0.2) is 4.79 Å². The molecule has 1 heterocycles. The van der Waals surface area contributed by atoms with E-state index in [1.54, 1.807) is 0 Å². The molecule has 0 aromatic heterocycles. The fourth-order valence-electron chi connectivity index (χ4n) is 1.95. The zero-order chi connectivity index (χ0) is 13.0. The van der Waals surface area contributed by atoms with Crippen molar-refractivity contribution in [2.45, 2.75) is 38.3 Å². The minimum atomic E-state index is -1.05. The SMILES string of the molecule is CC(CN)CCC(=O)N1C[C@H](O)C[C@H]1C(=O)O. The van der Waals surface area contributed by atoms with Gasteiger partial charge in [-0.3, -0.25) is 4.79 Å². The molecule has 1 unspecified atom stereocenters. The van der Waals surface area contributed by atoms with Crippen LogP contribution in [0, 0.1) is 5.92 Å². The van der Waals surface area contributed by atoms with Crippen LogP contribution in [0.3, 0.4) is 0 Å². The molecule has 6 heteroatoms. The number of rotatable bonds is 5. The molecule has 0 saturated carbocycles. The number of β-amino-alcohol motifs (C(OH)–C–C–N with tert-alkyl or cyclic N) is 1. The maximum absolute atomic E-state index is 11.8. The van der Waals surface area contributed by atoms with Crippen LogP contribution >= 0.6 is 0 Å². The van der Waals surface area contributed by atoms with Crippen molar-refractivity contribution >= 4 is 11.9 Å². The number of aliphatic hydroxyl groups is 1. The van der Waals surface area contributed by atoms with Crippen molar-refractivity contribution in [2.24, 2.45) is 11.7 Å². The number of aliphatic hydroxyl groups excluding tert-OH is 1. The second-order valence-electron chi connectivity index (χ2n) is 4.67. The molecule has 1 saturated heterocycles. The van der Waals surface area contributed by atoms with Crippen LogP contribution in [0.4, 0.5) is 0 Å². The highest BCUT2D eigenvalue weighted by molar-refractivity contribution is 5.84. The molecule has 4 N–H and O–H groups in total. The molecule has 0 radical (unpaired) electrons. The highest BCUT2D eigenvalue weighted by Crippen LogP contribution is 2.20. The lowest BCUT2D eigenvalue weighted by atomic mass is 10.1. The Morgan fingerprint density at radius 1 is 1.53 bits per heavy atom. The Balaban J connectivity index is 2.52. The number of hydrogen-bond donors (Lipinski definition) is 3. The quantitative estimate of drug-likeness (QED) is 0.599. The van der Waals surface area contributed by atoms with E-state index >= 15 is 0 Å². The molecule has 98 valence electrons. The summed E-state index contributed by atoms with van der Waals surface area (Å²) in [7, 11) is 0. The van der Waals surface area contributed by atoms with E-state index in [-0.39, 0.29) is 31.2 Å². The summed E-state index contributed by atoms with van der Waals surface area (Å²) in [5, 5.41) is 18.4. The van der Waals surface area contributed by atoms with E-state index in [2.05, 4.69) is 0 Å². The summed E-state index contributed by atoms with van der Waals surface area (Å²) in [6, 6.07) is -0.884. The van der Waals surface area contributed by atoms with Crippen molar-refractivity contribution in [3.63, 3.8) is 0 Å². The van der Waals surface area contributed by atoms with E-state index in [9.17, 15) is 14.7 Å². The zero-order valence-corrected chi connectivity index (χ0v) is 10.0. The van der Waals surface area contributed by atoms with Gasteiger partial charge in [-0.15, -0.1) is 0 Å². The van der Waals surface area contributed by atoms with E-state index in [4.69, 9.17) is 10.8 Å². The predicted molar refractivity (Wildman–Crippen MR) is 61.2 cm³/mol. The summed E-state index contributed by atoms with van der Waals surface area (Å²) in [4.78, 5) is 24.0. The Morgan fingerprint density at radius 2 is 2.18 bits per heavy atom. The smallest absolute Gasteiger partial charge is 0.326 e. The van der Waals surface area contributed by atoms with Crippen LogP contribution in [0.25, 0.3) is 0 Å². The third kappa shape index (κ3) is 3.67. The molecule has 1 fully saturated rings. The Labute approximate surface area is 100 Å². The van der Waals surface area contributed by atoms with Gasteiger partial charge in [0, 0.05) is 19.4 Å². The Morgan fingerprint density at radius 3 is 2.71 bits per heavy atom. The van der Waals surface area contributed by atoms with E-state index < -0.39 is 18.1 Å². The predicted octanol–water partition coefficient (Wildman–Crippen LogP) is -0.592. The van der Waals surface area contributed by atoms with Crippen molar-refractivity contribution in [3.8, 4) is 0 Å². The summed E-state index contributed by atoms with van der Waals surface area (Å²) < 4.78 is 0. The van der Waals surface area contributed by atoms with Crippen LogP contribution in [0.1, 0.15) is 26.2 Å². The second-order valence-corrected chi connectivity index (χ2v) is 4.67. The minimum absolute atomic E-state index is 0.118. The van der Waals surface area contributed by atoms with Gasteiger partial charge in [0.05, 0.1) is 6.10 Å². The Bertz CT molecular complexity index is 295. The lowest BCUT2D eigenvalue weighted by Gasteiger charge is -2.21. The van der Waals surface area contributed by atoms with Crippen molar-refractivity contribution in [3.05, 3.63) is 0 Å². The van der Waals surface area contributed by atoms with Gasteiger partial charge in [0.15, 0.2) is 0 Å². The van der Waals surface area contributed by atoms with E-state index in [1.165, 1.54) is 4.90 Å². The lowest BCUT2D eigenvalue weighted by molar-refractivity contribution is -0.148. The largest absolute Gasteiger partial charge is 0.480 e. The lowest BCUT2D eigenvalue weighted by Crippen LogP contribution is -2.40. The van der Waals surface area contributed by atoms with Crippen molar-refractivity contribution < 1.29 is 19.8 Å². The highest BCUT2D eigenvalue weighted by atomic mass is 16.4. The van der Waals surface area contributed by atoms with Crippen molar-refractivity contribution in [2.75, 3.05) is 13.1 Å². The Kier molecular flexibility index (Phi) is 4.89. The first-order chi connectivity index (χ1) is 7.95. The number of aliphatic carboxylic acids is 1. The van der Waals surface area contributed by atoms with Gasteiger partial charge in [-0.1, -0.05) is 6.92 Å². The standard InChI is InChI=1S/C11H20N2O4/c1-7(5-12)2-3-10(15)13-6-8(14)4-9(13)11(16)17/h7-9,14H,2-6,12H2,1H3,(H,16,17)/t7?,8-,9+/m1/s1. The van der Waals surface area contributed by atoms with Gasteiger partial charge in [-0.05, 0) is 18.9 Å². The van der Waals surface area contributed by atoms with Crippen molar-refractivity contribution in [1.29, 1.82) is 0 Å². The summed E-state index contributed by atoms with van der Waals surface area (Å²) in [5.41, 5.74) is 5.45. The number of carbonyl (C=O) groups excluding carboxylic acids is 1. The Hall–Kier alpha value is -1.14. The molecule has 1 aliphatic heterocycles. The van der Waals surface area contributed by atoms with Gasteiger partial charge < -0.3 is 20.8 Å². The molecule has 1 rings (SSSR count). The third-order valence-electron chi connectivity index (χ3n) is 3.14.